The lowest BCUT2D eigenvalue weighted by molar-refractivity contribution is 0.475. The van der Waals surface area contributed by atoms with Gasteiger partial charge in [-0.15, -0.1) is 0 Å². The van der Waals surface area contributed by atoms with E-state index in [0.717, 1.165) is 17.5 Å². The third kappa shape index (κ3) is 3.32. The van der Waals surface area contributed by atoms with Gasteiger partial charge in [0.15, 0.2) is 0 Å². The number of benzene rings is 2. The third-order valence-corrected chi connectivity index (χ3v) is 3.31. The fraction of sp³-hybridized carbons (Fsp3) is 0.250. The van der Waals surface area contributed by atoms with E-state index in [1.54, 1.807) is 19.1 Å². The molecule has 0 bridgehead atoms. The molecule has 2 rings (SSSR count). The normalized spacial score (nSPS) is 12.4. The van der Waals surface area contributed by atoms with Gasteiger partial charge in [-0.2, -0.15) is 0 Å². The Morgan fingerprint density at radius 1 is 1.16 bits per heavy atom. The zero-order valence-corrected chi connectivity index (χ0v) is 11.2. The van der Waals surface area contributed by atoms with E-state index in [1.165, 1.54) is 6.07 Å². The smallest absolute Gasteiger partial charge is 0.126 e. The fourth-order valence-electron chi connectivity index (χ4n) is 2.14. The summed E-state index contributed by atoms with van der Waals surface area (Å²) in [4.78, 5) is 0. The van der Waals surface area contributed by atoms with Crippen LogP contribution in [0.3, 0.4) is 0 Å². The minimum atomic E-state index is -0.178. The molecule has 0 saturated heterocycles. The van der Waals surface area contributed by atoms with Crippen LogP contribution in [0.5, 0.6) is 5.75 Å². The van der Waals surface area contributed by atoms with Crippen molar-refractivity contribution in [2.24, 2.45) is 0 Å². The SMILES string of the molecule is CNC(Cc1ccc(O)cc1)c1ccc(F)c(C)c1. The highest BCUT2D eigenvalue weighted by atomic mass is 19.1. The van der Waals surface area contributed by atoms with Crippen LogP contribution in [-0.2, 0) is 6.42 Å². The number of phenols is 1. The maximum Gasteiger partial charge on any atom is 0.126 e. The minimum Gasteiger partial charge on any atom is -0.508 e. The van der Waals surface area contributed by atoms with Crippen LogP contribution in [0.1, 0.15) is 22.7 Å². The molecular formula is C16H18FNO. The van der Waals surface area contributed by atoms with Gasteiger partial charge in [0.1, 0.15) is 11.6 Å². The summed E-state index contributed by atoms with van der Waals surface area (Å²) in [5.41, 5.74) is 2.84. The van der Waals surface area contributed by atoms with E-state index in [-0.39, 0.29) is 17.6 Å². The molecule has 2 N–H and O–H groups in total. The topological polar surface area (TPSA) is 32.3 Å². The molecule has 0 aliphatic rings. The van der Waals surface area contributed by atoms with E-state index in [4.69, 9.17) is 0 Å². The summed E-state index contributed by atoms with van der Waals surface area (Å²) in [5.74, 6) is 0.0885. The highest BCUT2D eigenvalue weighted by Gasteiger charge is 2.11. The number of hydrogen-bond acceptors (Lipinski definition) is 2. The summed E-state index contributed by atoms with van der Waals surface area (Å²) in [7, 11) is 1.89. The molecule has 19 heavy (non-hydrogen) atoms. The van der Waals surface area contributed by atoms with Crippen molar-refractivity contribution in [3.8, 4) is 5.75 Å². The number of aryl methyl sites for hydroxylation is 1. The first-order valence-electron chi connectivity index (χ1n) is 6.31. The highest BCUT2D eigenvalue weighted by molar-refractivity contribution is 5.30. The lowest BCUT2D eigenvalue weighted by atomic mass is 9.97. The molecule has 0 fully saturated rings. The molecule has 0 aliphatic carbocycles. The van der Waals surface area contributed by atoms with Gasteiger partial charge < -0.3 is 10.4 Å². The van der Waals surface area contributed by atoms with Crippen LogP contribution in [0.15, 0.2) is 42.5 Å². The number of halogens is 1. The Labute approximate surface area is 112 Å². The molecule has 0 aliphatic heterocycles. The maximum absolute atomic E-state index is 13.3. The summed E-state index contributed by atoms with van der Waals surface area (Å²) in [6.45, 7) is 1.77. The molecule has 0 spiro atoms. The molecule has 0 amide bonds. The van der Waals surface area contributed by atoms with Crippen LogP contribution < -0.4 is 5.32 Å². The molecule has 100 valence electrons. The summed E-state index contributed by atoms with van der Waals surface area (Å²) in [6, 6.07) is 12.5. The van der Waals surface area contributed by atoms with E-state index in [9.17, 15) is 9.50 Å². The molecule has 2 nitrogen and oxygen atoms in total. The van der Waals surface area contributed by atoms with Gasteiger partial charge in [0.25, 0.3) is 0 Å². The van der Waals surface area contributed by atoms with Crippen molar-refractivity contribution in [3.63, 3.8) is 0 Å². The van der Waals surface area contributed by atoms with Crippen LogP contribution >= 0.6 is 0 Å². The average molecular weight is 259 g/mol. The van der Waals surface area contributed by atoms with E-state index < -0.39 is 0 Å². The molecule has 0 saturated carbocycles. The standard InChI is InChI=1S/C16H18FNO/c1-11-9-13(5-8-15(11)17)16(18-2)10-12-3-6-14(19)7-4-12/h3-9,16,18-19H,10H2,1-2H3. The quantitative estimate of drug-likeness (QED) is 0.882. The molecule has 0 radical (unpaired) electrons. The fourth-order valence-corrected chi connectivity index (χ4v) is 2.14. The van der Waals surface area contributed by atoms with Crippen molar-refractivity contribution in [2.45, 2.75) is 19.4 Å². The van der Waals surface area contributed by atoms with Crippen LogP contribution in [0.4, 0.5) is 4.39 Å². The van der Waals surface area contributed by atoms with Crippen molar-refractivity contribution >= 4 is 0 Å². The van der Waals surface area contributed by atoms with Crippen molar-refractivity contribution < 1.29 is 9.50 Å². The predicted molar refractivity (Wildman–Crippen MR) is 74.7 cm³/mol. The van der Waals surface area contributed by atoms with Crippen LogP contribution in [0.2, 0.25) is 0 Å². The highest BCUT2D eigenvalue weighted by Crippen LogP contribution is 2.21. The first-order valence-corrected chi connectivity index (χ1v) is 6.31. The van der Waals surface area contributed by atoms with E-state index in [2.05, 4.69) is 5.32 Å². The van der Waals surface area contributed by atoms with Crippen LogP contribution in [0.25, 0.3) is 0 Å². The zero-order chi connectivity index (χ0) is 13.8. The van der Waals surface area contributed by atoms with Gasteiger partial charge in [-0.05, 0) is 55.3 Å². The Morgan fingerprint density at radius 3 is 2.42 bits per heavy atom. The number of hydrogen-bond donors (Lipinski definition) is 2. The van der Waals surface area contributed by atoms with Crippen molar-refractivity contribution in [1.82, 2.24) is 5.32 Å². The molecule has 1 atom stereocenters. The molecule has 2 aromatic rings. The summed E-state index contributed by atoms with van der Waals surface area (Å²) >= 11 is 0. The van der Waals surface area contributed by atoms with Crippen molar-refractivity contribution in [1.29, 1.82) is 0 Å². The second-order valence-corrected chi connectivity index (χ2v) is 4.72. The van der Waals surface area contributed by atoms with Crippen LogP contribution in [0, 0.1) is 12.7 Å². The molecule has 3 heteroatoms. The summed E-state index contributed by atoms with van der Waals surface area (Å²) in [6.07, 6.45) is 0.794. The van der Waals surface area contributed by atoms with Gasteiger partial charge in [0.2, 0.25) is 0 Å². The second-order valence-electron chi connectivity index (χ2n) is 4.72. The molecule has 0 heterocycles. The Bertz CT molecular complexity index is 551. The van der Waals surface area contributed by atoms with Crippen molar-refractivity contribution in [3.05, 3.63) is 65.0 Å². The number of nitrogens with one attached hydrogen (secondary N) is 1. The molecule has 0 aromatic heterocycles. The maximum atomic E-state index is 13.3. The predicted octanol–water partition coefficient (Wildman–Crippen LogP) is 3.34. The molecule has 1 unspecified atom stereocenters. The zero-order valence-electron chi connectivity index (χ0n) is 11.2. The Morgan fingerprint density at radius 2 is 1.84 bits per heavy atom. The minimum absolute atomic E-state index is 0.129. The largest absolute Gasteiger partial charge is 0.508 e. The Hall–Kier alpha value is -1.87. The second kappa shape index (κ2) is 5.85. The van der Waals surface area contributed by atoms with Gasteiger partial charge in [-0.3, -0.25) is 0 Å². The van der Waals surface area contributed by atoms with Crippen molar-refractivity contribution in [2.75, 3.05) is 7.05 Å². The van der Waals surface area contributed by atoms with Gasteiger partial charge in [0.05, 0.1) is 0 Å². The first-order chi connectivity index (χ1) is 9.10. The Balaban J connectivity index is 2.19. The lowest BCUT2D eigenvalue weighted by Crippen LogP contribution is -2.19. The van der Waals surface area contributed by atoms with E-state index in [1.807, 2.05) is 31.3 Å². The summed E-state index contributed by atoms with van der Waals surface area (Å²) in [5, 5.41) is 12.5. The molecule has 2 aromatic carbocycles. The van der Waals surface area contributed by atoms with Gasteiger partial charge >= 0.3 is 0 Å². The number of phenolic OH excluding ortho intramolecular Hbond substituents is 1. The van der Waals surface area contributed by atoms with E-state index >= 15 is 0 Å². The molecular weight excluding hydrogens is 241 g/mol. The monoisotopic (exact) mass is 259 g/mol. The first kappa shape index (κ1) is 13.6. The summed E-state index contributed by atoms with van der Waals surface area (Å²) < 4.78 is 13.3. The van der Waals surface area contributed by atoms with Crippen LogP contribution in [-0.4, -0.2) is 12.2 Å². The van der Waals surface area contributed by atoms with Gasteiger partial charge in [-0.1, -0.05) is 24.3 Å². The lowest BCUT2D eigenvalue weighted by Gasteiger charge is -2.17. The van der Waals surface area contributed by atoms with E-state index in [0.29, 0.717) is 5.56 Å². The number of rotatable bonds is 4. The number of likely N-dealkylation sites (N-methyl/N-ethyl adjacent to an activating group) is 1. The Kier molecular flexibility index (Phi) is 4.17. The van der Waals surface area contributed by atoms with Gasteiger partial charge in [-0.25, -0.2) is 4.39 Å². The number of aromatic hydroxyl groups is 1. The average Bonchev–Trinajstić information content (AvgIpc) is 2.41. The van der Waals surface area contributed by atoms with Gasteiger partial charge in [0, 0.05) is 6.04 Å². The third-order valence-electron chi connectivity index (χ3n) is 3.31.